The second kappa shape index (κ2) is 8.37. The molecule has 0 aromatic heterocycles. The Labute approximate surface area is 175 Å². The van der Waals surface area contributed by atoms with E-state index in [-0.39, 0.29) is 18.1 Å². The van der Waals surface area contributed by atoms with Gasteiger partial charge in [-0.25, -0.2) is 4.79 Å². The van der Waals surface area contributed by atoms with Crippen LogP contribution in [0.5, 0.6) is 0 Å². The summed E-state index contributed by atoms with van der Waals surface area (Å²) in [6, 6.07) is 0. The Morgan fingerprint density at radius 2 is 1.73 bits per heavy atom. The van der Waals surface area contributed by atoms with Gasteiger partial charge in [-0.1, -0.05) is 6.92 Å². The fourth-order valence-electron chi connectivity index (χ4n) is 4.33. The van der Waals surface area contributed by atoms with Gasteiger partial charge in [-0.05, 0) is 32.1 Å². The standard InChI is InChI=1S/C21H28O9/c1-10-6-7-16(27-12(3)23)21(5)19(30-21)18(28-13(4)24)17-14(9-26-11(2)22)20(25)29-15(17)8-10/h10,15-16,18-19H,6-9H2,1-5H3/t10-,15+,16-,18+,19-,21-/m1/s1. The lowest BCUT2D eigenvalue weighted by Gasteiger charge is -2.29. The Morgan fingerprint density at radius 3 is 2.33 bits per heavy atom. The number of rotatable bonds is 4. The van der Waals surface area contributed by atoms with E-state index in [9.17, 15) is 19.2 Å². The molecule has 3 rings (SSSR count). The highest BCUT2D eigenvalue weighted by atomic mass is 16.7. The van der Waals surface area contributed by atoms with Crippen molar-refractivity contribution in [1.82, 2.24) is 0 Å². The van der Waals surface area contributed by atoms with E-state index in [1.807, 2.05) is 6.92 Å². The summed E-state index contributed by atoms with van der Waals surface area (Å²) in [7, 11) is 0. The predicted molar refractivity (Wildman–Crippen MR) is 101 cm³/mol. The smallest absolute Gasteiger partial charge is 0.338 e. The van der Waals surface area contributed by atoms with Gasteiger partial charge in [0.1, 0.15) is 30.5 Å². The van der Waals surface area contributed by atoms with Gasteiger partial charge in [-0.15, -0.1) is 0 Å². The normalized spacial score (nSPS) is 35.5. The van der Waals surface area contributed by atoms with E-state index >= 15 is 0 Å². The van der Waals surface area contributed by atoms with Crippen molar-refractivity contribution in [2.24, 2.45) is 5.92 Å². The molecule has 9 heteroatoms. The van der Waals surface area contributed by atoms with Crippen LogP contribution in [0.3, 0.4) is 0 Å². The van der Waals surface area contributed by atoms with Gasteiger partial charge in [-0.3, -0.25) is 14.4 Å². The van der Waals surface area contributed by atoms with E-state index in [1.54, 1.807) is 6.92 Å². The minimum atomic E-state index is -0.919. The Bertz CT molecular complexity index is 785. The molecule has 1 saturated carbocycles. The largest absolute Gasteiger partial charge is 0.461 e. The Morgan fingerprint density at radius 1 is 1.07 bits per heavy atom. The van der Waals surface area contributed by atoms with Crippen molar-refractivity contribution in [3.05, 3.63) is 11.1 Å². The lowest BCUT2D eigenvalue weighted by Crippen LogP contribution is -2.41. The number of fused-ring (bicyclic) bond motifs is 2. The molecule has 9 nitrogen and oxygen atoms in total. The molecule has 1 aliphatic carbocycles. The fraction of sp³-hybridized carbons (Fsp3) is 0.714. The Kier molecular flexibility index (Phi) is 6.21. The minimum absolute atomic E-state index is 0.126. The van der Waals surface area contributed by atoms with E-state index in [4.69, 9.17) is 23.7 Å². The molecule has 0 N–H and O–H groups in total. The molecule has 3 aliphatic rings. The molecule has 0 aromatic carbocycles. The minimum Gasteiger partial charge on any atom is -0.461 e. The monoisotopic (exact) mass is 424 g/mol. The summed E-state index contributed by atoms with van der Waals surface area (Å²) in [6.45, 7) is 7.38. The molecule has 0 spiro atoms. The van der Waals surface area contributed by atoms with Gasteiger partial charge < -0.3 is 23.7 Å². The summed E-state index contributed by atoms with van der Waals surface area (Å²) in [5.41, 5.74) is -0.255. The van der Waals surface area contributed by atoms with E-state index in [0.717, 1.165) is 6.42 Å². The zero-order valence-corrected chi connectivity index (χ0v) is 17.9. The number of hydrogen-bond acceptors (Lipinski definition) is 9. The van der Waals surface area contributed by atoms with E-state index in [0.29, 0.717) is 18.4 Å². The van der Waals surface area contributed by atoms with Crippen molar-refractivity contribution in [3.63, 3.8) is 0 Å². The summed E-state index contributed by atoms with van der Waals surface area (Å²) >= 11 is 0. The van der Waals surface area contributed by atoms with Crippen LogP contribution in [-0.4, -0.2) is 60.5 Å². The van der Waals surface area contributed by atoms with Crippen molar-refractivity contribution in [2.45, 2.75) is 83.9 Å². The zero-order chi connectivity index (χ0) is 22.2. The third kappa shape index (κ3) is 4.50. The molecule has 2 heterocycles. The highest BCUT2D eigenvalue weighted by molar-refractivity contribution is 5.93. The first-order chi connectivity index (χ1) is 14.0. The van der Waals surface area contributed by atoms with Gasteiger partial charge in [-0.2, -0.15) is 0 Å². The average molecular weight is 424 g/mol. The third-order valence-electron chi connectivity index (χ3n) is 5.86. The second-order valence-electron chi connectivity index (χ2n) is 8.38. The quantitative estimate of drug-likeness (QED) is 0.377. The molecule has 0 aromatic rings. The maximum Gasteiger partial charge on any atom is 0.338 e. The molecular weight excluding hydrogens is 396 g/mol. The summed E-state index contributed by atoms with van der Waals surface area (Å²) in [5, 5.41) is 0. The summed E-state index contributed by atoms with van der Waals surface area (Å²) in [5.74, 6) is -1.99. The predicted octanol–water partition coefficient (Wildman–Crippen LogP) is 1.61. The molecule has 6 atom stereocenters. The number of carbonyl (C=O) groups excluding carboxylic acids is 4. The van der Waals surface area contributed by atoms with Crippen LogP contribution >= 0.6 is 0 Å². The summed E-state index contributed by atoms with van der Waals surface area (Å²) < 4.78 is 27.7. The first-order valence-electron chi connectivity index (χ1n) is 10.1. The number of ether oxygens (including phenoxy) is 5. The van der Waals surface area contributed by atoms with Gasteiger partial charge in [0.15, 0.2) is 6.10 Å². The van der Waals surface area contributed by atoms with Crippen LogP contribution in [0.2, 0.25) is 0 Å². The van der Waals surface area contributed by atoms with Gasteiger partial charge in [0.05, 0.1) is 5.57 Å². The SMILES string of the molecule is CC(=O)OCC1=C2[C@H](C[C@H](C)CC[C@@H](OC(C)=O)[C@@]3(C)O[C@@H]3[C@H]2OC(C)=O)OC1=O. The maximum atomic E-state index is 12.6. The Balaban J connectivity index is 2.04. The molecule has 2 fully saturated rings. The van der Waals surface area contributed by atoms with Gasteiger partial charge in [0, 0.05) is 26.3 Å². The van der Waals surface area contributed by atoms with Gasteiger partial charge >= 0.3 is 23.9 Å². The average Bonchev–Trinajstić information content (AvgIpc) is 3.21. The molecule has 0 unspecified atom stereocenters. The summed E-state index contributed by atoms with van der Waals surface area (Å²) in [4.78, 5) is 47.4. The first-order valence-corrected chi connectivity index (χ1v) is 10.1. The highest BCUT2D eigenvalue weighted by Gasteiger charge is 2.65. The molecule has 2 aliphatic heterocycles. The topological polar surface area (TPSA) is 118 Å². The first kappa shape index (κ1) is 22.3. The number of esters is 4. The molecular formula is C21H28O9. The lowest BCUT2D eigenvalue weighted by atomic mass is 9.82. The molecule has 1 saturated heterocycles. The van der Waals surface area contributed by atoms with Crippen LogP contribution in [0.1, 0.15) is 53.9 Å². The molecule has 0 bridgehead atoms. The second-order valence-corrected chi connectivity index (χ2v) is 8.38. The number of carbonyl (C=O) groups is 4. The Hall–Kier alpha value is -2.42. The molecule has 166 valence electrons. The van der Waals surface area contributed by atoms with Crippen LogP contribution in [-0.2, 0) is 42.9 Å². The van der Waals surface area contributed by atoms with Crippen LogP contribution in [0.15, 0.2) is 11.1 Å². The van der Waals surface area contributed by atoms with Crippen molar-refractivity contribution in [2.75, 3.05) is 6.61 Å². The van der Waals surface area contributed by atoms with Crippen molar-refractivity contribution < 1.29 is 42.9 Å². The zero-order valence-electron chi connectivity index (χ0n) is 17.9. The third-order valence-corrected chi connectivity index (χ3v) is 5.86. The summed E-state index contributed by atoms with van der Waals surface area (Å²) in [6.07, 6.45) is -0.883. The maximum absolute atomic E-state index is 12.6. The molecule has 30 heavy (non-hydrogen) atoms. The van der Waals surface area contributed by atoms with Crippen molar-refractivity contribution in [1.29, 1.82) is 0 Å². The van der Waals surface area contributed by atoms with Crippen LogP contribution in [0.4, 0.5) is 0 Å². The lowest BCUT2D eigenvalue weighted by molar-refractivity contribution is -0.151. The molecule has 0 amide bonds. The number of epoxide rings is 1. The van der Waals surface area contributed by atoms with Crippen molar-refractivity contribution in [3.8, 4) is 0 Å². The van der Waals surface area contributed by atoms with Gasteiger partial charge in [0.25, 0.3) is 0 Å². The van der Waals surface area contributed by atoms with Crippen LogP contribution < -0.4 is 0 Å². The number of hydrogen-bond donors (Lipinski definition) is 0. The van der Waals surface area contributed by atoms with Crippen LogP contribution in [0.25, 0.3) is 0 Å². The highest BCUT2D eigenvalue weighted by Crippen LogP contribution is 2.50. The molecule has 0 radical (unpaired) electrons. The van der Waals surface area contributed by atoms with E-state index < -0.39 is 53.9 Å². The fourth-order valence-corrected chi connectivity index (χ4v) is 4.33. The van der Waals surface area contributed by atoms with Gasteiger partial charge in [0.2, 0.25) is 0 Å². The van der Waals surface area contributed by atoms with Crippen LogP contribution in [0, 0.1) is 5.92 Å². The van der Waals surface area contributed by atoms with E-state index in [2.05, 4.69) is 0 Å². The van der Waals surface area contributed by atoms with E-state index in [1.165, 1.54) is 20.8 Å². The van der Waals surface area contributed by atoms with Crippen molar-refractivity contribution >= 4 is 23.9 Å².